The van der Waals surface area contributed by atoms with E-state index in [0.29, 0.717) is 0 Å². The number of aromatic nitrogens is 2. The van der Waals surface area contributed by atoms with E-state index >= 15 is 0 Å². The molecule has 0 spiro atoms. The first-order chi connectivity index (χ1) is 9.95. The summed E-state index contributed by atoms with van der Waals surface area (Å²) in [6.07, 6.45) is 1.11. The second-order valence-corrected chi connectivity index (χ2v) is 6.57. The minimum atomic E-state index is 0.250. The zero-order chi connectivity index (χ0) is 15.6. The number of halogens is 2. The summed E-state index contributed by atoms with van der Waals surface area (Å²) in [7, 11) is 0. The summed E-state index contributed by atoms with van der Waals surface area (Å²) in [6, 6.07) is 6.52. The summed E-state index contributed by atoms with van der Waals surface area (Å²) in [4.78, 5) is 0. The summed E-state index contributed by atoms with van der Waals surface area (Å²) < 4.78 is 3.00. The summed E-state index contributed by atoms with van der Waals surface area (Å²) >= 11 is 9.85. The Morgan fingerprint density at radius 2 is 2.10 bits per heavy atom. The van der Waals surface area contributed by atoms with Crippen LogP contribution in [0.15, 0.2) is 22.7 Å². The Kier molecular flexibility index (Phi) is 5.47. The first-order valence-corrected chi connectivity index (χ1v) is 8.37. The van der Waals surface area contributed by atoms with Gasteiger partial charge in [-0.25, -0.2) is 4.68 Å². The highest BCUT2D eigenvalue weighted by Gasteiger charge is 2.17. The topological polar surface area (TPSA) is 29.9 Å². The fourth-order valence-corrected chi connectivity index (χ4v) is 2.89. The fraction of sp³-hybridized carbons (Fsp3) is 0.438. The third-order valence-electron chi connectivity index (χ3n) is 3.59. The van der Waals surface area contributed by atoms with Crippen LogP contribution in [0.2, 0.25) is 5.02 Å². The summed E-state index contributed by atoms with van der Waals surface area (Å²) in [5.74, 6) is 0. The summed E-state index contributed by atoms with van der Waals surface area (Å²) in [6.45, 7) is 9.27. The normalized spacial score (nSPS) is 12.7. The van der Waals surface area contributed by atoms with Gasteiger partial charge >= 0.3 is 0 Å². The number of nitrogens with one attached hydrogen (secondary N) is 1. The van der Waals surface area contributed by atoms with Gasteiger partial charge in [-0.05, 0) is 57.5 Å². The highest BCUT2D eigenvalue weighted by Crippen LogP contribution is 2.29. The van der Waals surface area contributed by atoms with Crippen molar-refractivity contribution in [3.63, 3.8) is 0 Å². The first-order valence-electron chi connectivity index (χ1n) is 7.20. The van der Waals surface area contributed by atoms with Crippen LogP contribution < -0.4 is 5.32 Å². The van der Waals surface area contributed by atoms with Crippen LogP contribution in [-0.2, 0) is 0 Å². The average molecular weight is 371 g/mol. The van der Waals surface area contributed by atoms with E-state index in [1.807, 2.05) is 24.6 Å². The monoisotopic (exact) mass is 369 g/mol. The Hall–Kier alpha value is -0.840. The SMILES string of the molecule is CCCNC(C)c1cc(Br)ccc1-n1nc(C)c(Cl)c1C. The van der Waals surface area contributed by atoms with Crippen molar-refractivity contribution in [3.8, 4) is 5.69 Å². The van der Waals surface area contributed by atoms with Crippen LogP contribution in [-0.4, -0.2) is 16.3 Å². The van der Waals surface area contributed by atoms with Gasteiger partial charge in [-0.15, -0.1) is 0 Å². The zero-order valence-electron chi connectivity index (χ0n) is 12.9. The quantitative estimate of drug-likeness (QED) is 0.805. The minimum Gasteiger partial charge on any atom is -0.310 e. The molecule has 21 heavy (non-hydrogen) atoms. The molecule has 2 aromatic rings. The fourth-order valence-electron chi connectivity index (χ4n) is 2.39. The molecule has 0 radical (unpaired) electrons. The second kappa shape index (κ2) is 6.95. The van der Waals surface area contributed by atoms with Crippen molar-refractivity contribution < 1.29 is 0 Å². The smallest absolute Gasteiger partial charge is 0.0848 e. The van der Waals surface area contributed by atoms with Gasteiger partial charge < -0.3 is 5.32 Å². The first kappa shape index (κ1) is 16.5. The lowest BCUT2D eigenvalue weighted by Gasteiger charge is -2.19. The molecule has 3 nitrogen and oxygen atoms in total. The Labute approximate surface area is 139 Å². The predicted octanol–water partition coefficient (Wildman–Crippen LogP) is 4.97. The van der Waals surface area contributed by atoms with Gasteiger partial charge in [0, 0.05) is 10.5 Å². The number of hydrogen-bond donors (Lipinski definition) is 1. The van der Waals surface area contributed by atoms with Crippen molar-refractivity contribution in [1.29, 1.82) is 0 Å². The molecule has 114 valence electrons. The molecular weight excluding hydrogens is 350 g/mol. The lowest BCUT2D eigenvalue weighted by molar-refractivity contribution is 0.566. The molecule has 5 heteroatoms. The molecular formula is C16H21BrClN3. The van der Waals surface area contributed by atoms with E-state index in [0.717, 1.165) is 39.5 Å². The molecule has 2 rings (SSSR count). The van der Waals surface area contributed by atoms with Gasteiger partial charge in [0.05, 0.1) is 22.1 Å². The molecule has 1 unspecified atom stereocenters. The van der Waals surface area contributed by atoms with Gasteiger partial charge in [0.25, 0.3) is 0 Å². The molecule has 0 aliphatic heterocycles. The van der Waals surface area contributed by atoms with Crippen molar-refractivity contribution in [1.82, 2.24) is 15.1 Å². The number of nitrogens with zero attached hydrogens (tertiary/aromatic N) is 2. The summed E-state index contributed by atoms with van der Waals surface area (Å²) in [5, 5.41) is 8.84. The van der Waals surface area contributed by atoms with E-state index in [-0.39, 0.29) is 6.04 Å². The molecule has 1 atom stereocenters. The number of benzene rings is 1. The lowest BCUT2D eigenvalue weighted by Crippen LogP contribution is -2.21. The molecule has 1 N–H and O–H groups in total. The van der Waals surface area contributed by atoms with E-state index in [1.165, 1.54) is 5.56 Å². The third kappa shape index (κ3) is 3.50. The molecule has 1 aromatic carbocycles. The van der Waals surface area contributed by atoms with Crippen LogP contribution in [0.25, 0.3) is 5.69 Å². The van der Waals surface area contributed by atoms with Gasteiger partial charge in [0.2, 0.25) is 0 Å². The molecule has 0 saturated carbocycles. The maximum atomic E-state index is 6.29. The summed E-state index contributed by atoms with van der Waals surface area (Å²) in [5.41, 5.74) is 4.11. The van der Waals surface area contributed by atoms with Crippen LogP contribution in [0.5, 0.6) is 0 Å². The molecule has 0 aliphatic carbocycles. The third-order valence-corrected chi connectivity index (χ3v) is 4.63. The van der Waals surface area contributed by atoms with E-state index in [2.05, 4.69) is 52.3 Å². The maximum absolute atomic E-state index is 6.29. The Bertz CT molecular complexity index is 637. The molecule has 0 bridgehead atoms. The van der Waals surface area contributed by atoms with Crippen LogP contribution in [0.3, 0.4) is 0 Å². The largest absolute Gasteiger partial charge is 0.310 e. The van der Waals surface area contributed by atoms with Gasteiger partial charge in [-0.1, -0.05) is 34.5 Å². The van der Waals surface area contributed by atoms with Gasteiger partial charge in [0.1, 0.15) is 0 Å². The van der Waals surface area contributed by atoms with Crippen molar-refractivity contribution in [2.24, 2.45) is 0 Å². The standard InChI is InChI=1S/C16H21BrClN3/c1-5-8-19-10(2)14-9-13(17)6-7-15(14)21-12(4)16(18)11(3)20-21/h6-7,9-10,19H,5,8H2,1-4H3. The zero-order valence-corrected chi connectivity index (χ0v) is 15.2. The maximum Gasteiger partial charge on any atom is 0.0848 e. The van der Waals surface area contributed by atoms with Crippen molar-refractivity contribution >= 4 is 27.5 Å². The Morgan fingerprint density at radius 3 is 2.67 bits per heavy atom. The van der Waals surface area contributed by atoms with Crippen molar-refractivity contribution in [3.05, 3.63) is 44.6 Å². The molecule has 1 heterocycles. The lowest BCUT2D eigenvalue weighted by atomic mass is 10.1. The Morgan fingerprint density at radius 1 is 1.38 bits per heavy atom. The molecule has 1 aromatic heterocycles. The van der Waals surface area contributed by atoms with E-state index in [4.69, 9.17) is 11.6 Å². The minimum absolute atomic E-state index is 0.250. The highest BCUT2D eigenvalue weighted by atomic mass is 79.9. The highest BCUT2D eigenvalue weighted by molar-refractivity contribution is 9.10. The van der Waals surface area contributed by atoms with Crippen molar-refractivity contribution in [2.75, 3.05) is 6.54 Å². The van der Waals surface area contributed by atoms with Gasteiger partial charge in [-0.2, -0.15) is 5.10 Å². The van der Waals surface area contributed by atoms with Crippen LogP contribution in [0.1, 0.15) is 43.3 Å². The van der Waals surface area contributed by atoms with Gasteiger partial charge in [-0.3, -0.25) is 0 Å². The van der Waals surface area contributed by atoms with Crippen LogP contribution in [0, 0.1) is 13.8 Å². The number of hydrogen-bond acceptors (Lipinski definition) is 2. The van der Waals surface area contributed by atoms with Crippen LogP contribution >= 0.6 is 27.5 Å². The van der Waals surface area contributed by atoms with Crippen molar-refractivity contribution in [2.45, 2.75) is 40.2 Å². The Balaban J connectivity index is 2.50. The van der Waals surface area contributed by atoms with E-state index in [9.17, 15) is 0 Å². The number of aryl methyl sites for hydroxylation is 1. The van der Waals surface area contributed by atoms with Crippen LogP contribution in [0.4, 0.5) is 0 Å². The second-order valence-electron chi connectivity index (χ2n) is 5.28. The molecule has 0 saturated heterocycles. The average Bonchev–Trinajstić information content (AvgIpc) is 2.72. The van der Waals surface area contributed by atoms with E-state index in [1.54, 1.807) is 0 Å². The molecule has 0 amide bonds. The number of rotatable bonds is 5. The molecule has 0 aliphatic rings. The predicted molar refractivity (Wildman–Crippen MR) is 92.5 cm³/mol. The van der Waals surface area contributed by atoms with E-state index < -0.39 is 0 Å². The van der Waals surface area contributed by atoms with Gasteiger partial charge in [0.15, 0.2) is 0 Å². The molecule has 0 fully saturated rings.